The lowest BCUT2D eigenvalue weighted by atomic mass is 9.94. The Morgan fingerprint density at radius 2 is 1.78 bits per heavy atom. The van der Waals surface area contributed by atoms with E-state index in [9.17, 15) is 22.4 Å². The molecule has 3 N–H and O–H groups in total. The molecule has 0 aliphatic carbocycles. The van der Waals surface area contributed by atoms with Crippen LogP contribution in [0.25, 0.3) is 0 Å². The van der Waals surface area contributed by atoms with Crippen molar-refractivity contribution in [3.8, 4) is 5.75 Å². The molecule has 27 heavy (non-hydrogen) atoms. The van der Waals surface area contributed by atoms with Crippen molar-refractivity contribution >= 4 is 11.7 Å². The van der Waals surface area contributed by atoms with Gasteiger partial charge in [0.15, 0.2) is 0 Å². The maximum atomic E-state index is 14.0. The minimum Gasteiger partial charge on any atom is -0.406 e. The minimum atomic E-state index is -4.78. The van der Waals surface area contributed by atoms with E-state index in [4.69, 9.17) is 5.73 Å². The van der Waals surface area contributed by atoms with Crippen molar-refractivity contribution in [3.63, 3.8) is 0 Å². The van der Waals surface area contributed by atoms with Crippen molar-refractivity contribution in [3.05, 3.63) is 59.9 Å². The summed E-state index contributed by atoms with van der Waals surface area (Å²) in [7, 11) is 0. The number of likely N-dealkylation sites (tertiary alicyclic amines) is 1. The average molecular weight is 383 g/mol. The summed E-state index contributed by atoms with van der Waals surface area (Å²) in [6.07, 6.45) is -4.78. The number of hydrogen-bond donors (Lipinski definition) is 2. The molecule has 1 aliphatic heterocycles. The molecule has 144 valence electrons. The van der Waals surface area contributed by atoms with Gasteiger partial charge in [0.2, 0.25) is 0 Å². The first kappa shape index (κ1) is 19.0. The van der Waals surface area contributed by atoms with Crippen LogP contribution in [0.2, 0.25) is 0 Å². The molecule has 5 nitrogen and oxygen atoms in total. The van der Waals surface area contributed by atoms with Gasteiger partial charge in [-0.05, 0) is 35.9 Å². The Bertz CT molecular complexity index is 811. The van der Waals surface area contributed by atoms with Crippen molar-refractivity contribution in [2.45, 2.75) is 18.3 Å². The second-order valence-electron chi connectivity index (χ2n) is 6.20. The average Bonchev–Trinajstić information content (AvgIpc) is 2.97. The number of carbonyl (C=O) groups excluding carboxylic acids is 1. The van der Waals surface area contributed by atoms with Crippen LogP contribution in [0.4, 0.5) is 28.0 Å². The quantitative estimate of drug-likeness (QED) is 0.795. The maximum absolute atomic E-state index is 14.0. The summed E-state index contributed by atoms with van der Waals surface area (Å²) in [5, 5.41) is 2.58. The number of benzene rings is 2. The Kier molecular flexibility index (Phi) is 5.22. The van der Waals surface area contributed by atoms with Crippen LogP contribution in [0.3, 0.4) is 0 Å². The molecule has 9 heteroatoms. The summed E-state index contributed by atoms with van der Waals surface area (Å²) in [4.78, 5) is 13.8. The number of anilines is 1. The number of hydrogen-bond acceptors (Lipinski definition) is 3. The zero-order chi connectivity index (χ0) is 19.6. The standard InChI is InChI=1S/C18H17F4N3O2/c19-15-4-2-1-3-13(15)14-9-25(10-16(14)23)17(26)24-11-5-7-12(8-6-11)27-18(20,21)22/h1-8,14,16H,9-10,23H2,(H,24,26)/t14-,16+/m0/s1. The molecule has 0 saturated carbocycles. The van der Waals surface area contributed by atoms with E-state index in [1.807, 2.05) is 0 Å². The third-order valence-electron chi connectivity index (χ3n) is 4.30. The summed E-state index contributed by atoms with van der Waals surface area (Å²) in [5.41, 5.74) is 6.82. The van der Waals surface area contributed by atoms with Crippen molar-refractivity contribution < 1.29 is 27.1 Å². The number of halogens is 4. The number of carbonyl (C=O) groups is 1. The molecule has 2 aromatic rings. The van der Waals surface area contributed by atoms with Gasteiger partial charge in [0.05, 0.1) is 0 Å². The molecular formula is C18H17F4N3O2. The molecule has 0 spiro atoms. The van der Waals surface area contributed by atoms with E-state index in [-0.39, 0.29) is 30.6 Å². The molecule has 3 rings (SSSR count). The summed E-state index contributed by atoms with van der Waals surface area (Å²) >= 11 is 0. The van der Waals surface area contributed by atoms with Crippen LogP contribution < -0.4 is 15.8 Å². The van der Waals surface area contributed by atoms with Crippen molar-refractivity contribution in [1.29, 1.82) is 0 Å². The summed E-state index contributed by atoms with van der Waals surface area (Å²) in [6, 6.07) is 10.2. The third kappa shape index (κ3) is 4.68. The molecule has 2 atom stereocenters. The Hall–Kier alpha value is -2.81. The molecule has 0 aromatic heterocycles. The van der Waals surface area contributed by atoms with Crippen LogP contribution in [0.15, 0.2) is 48.5 Å². The lowest BCUT2D eigenvalue weighted by molar-refractivity contribution is -0.274. The first-order chi connectivity index (χ1) is 12.7. The second kappa shape index (κ2) is 7.43. The van der Waals surface area contributed by atoms with Gasteiger partial charge in [-0.2, -0.15) is 0 Å². The molecule has 1 saturated heterocycles. The molecule has 1 fully saturated rings. The molecule has 0 radical (unpaired) electrons. The van der Waals surface area contributed by atoms with Crippen molar-refractivity contribution in [1.82, 2.24) is 4.90 Å². The predicted octanol–water partition coefficient (Wildman–Crippen LogP) is 3.68. The fourth-order valence-corrected chi connectivity index (χ4v) is 3.04. The van der Waals surface area contributed by atoms with E-state index in [1.54, 1.807) is 18.2 Å². The number of rotatable bonds is 3. The molecule has 1 heterocycles. The second-order valence-corrected chi connectivity index (χ2v) is 6.20. The van der Waals surface area contributed by atoms with Gasteiger partial charge >= 0.3 is 12.4 Å². The molecule has 1 aliphatic rings. The van der Waals surface area contributed by atoms with E-state index >= 15 is 0 Å². The highest BCUT2D eigenvalue weighted by atomic mass is 19.4. The Morgan fingerprint density at radius 3 is 2.41 bits per heavy atom. The summed E-state index contributed by atoms with van der Waals surface area (Å²) in [5.74, 6) is -1.09. The Balaban J connectivity index is 1.63. The summed E-state index contributed by atoms with van der Waals surface area (Å²) < 4.78 is 54.2. The van der Waals surface area contributed by atoms with Crippen LogP contribution >= 0.6 is 0 Å². The van der Waals surface area contributed by atoms with Gasteiger partial charge in [-0.25, -0.2) is 9.18 Å². The largest absolute Gasteiger partial charge is 0.573 e. The van der Waals surface area contributed by atoms with Gasteiger partial charge in [-0.15, -0.1) is 13.2 Å². The van der Waals surface area contributed by atoms with Crippen LogP contribution in [0.1, 0.15) is 11.5 Å². The van der Waals surface area contributed by atoms with Gasteiger partial charge in [0.1, 0.15) is 11.6 Å². The number of urea groups is 1. The number of ether oxygens (including phenoxy) is 1. The minimum absolute atomic E-state index is 0.236. The fraction of sp³-hybridized carbons (Fsp3) is 0.278. The van der Waals surface area contributed by atoms with Gasteiger partial charge < -0.3 is 20.7 Å². The topological polar surface area (TPSA) is 67.6 Å². The number of alkyl halides is 3. The highest BCUT2D eigenvalue weighted by molar-refractivity contribution is 5.89. The molecule has 0 unspecified atom stereocenters. The van der Waals surface area contributed by atoms with E-state index < -0.39 is 18.4 Å². The van der Waals surface area contributed by atoms with E-state index in [1.165, 1.54) is 23.1 Å². The SMILES string of the molecule is N[C@@H]1CN(C(=O)Nc2ccc(OC(F)(F)F)cc2)C[C@H]1c1ccccc1F. The fourth-order valence-electron chi connectivity index (χ4n) is 3.04. The van der Waals surface area contributed by atoms with E-state index in [0.29, 0.717) is 11.3 Å². The highest BCUT2D eigenvalue weighted by Gasteiger charge is 2.35. The summed E-state index contributed by atoms with van der Waals surface area (Å²) in [6.45, 7) is 0.476. The zero-order valence-electron chi connectivity index (χ0n) is 14.0. The Labute approximate surface area is 152 Å². The third-order valence-corrected chi connectivity index (χ3v) is 4.30. The number of nitrogens with two attached hydrogens (primary N) is 1. The van der Waals surface area contributed by atoms with Crippen LogP contribution in [-0.2, 0) is 0 Å². The lowest BCUT2D eigenvalue weighted by Crippen LogP contribution is -2.35. The number of amides is 2. The number of nitrogens with one attached hydrogen (secondary N) is 1. The lowest BCUT2D eigenvalue weighted by Gasteiger charge is -2.18. The maximum Gasteiger partial charge on any atom is 0.573 e. The van der Waals surface area contributed by atoms with Crippen molar-refractivity contribution in [2.24, 2.45) is 5.73 Å². The molecule has 0 bridgehead atoms. The van der Waals surface area contributed by atoms with Gasteiger partial charge in [-0.3, -0.25) is 0 Å². The van der Waals surface area contributed by atoms with Crippen LogP contribution in [0.5, 0.6) is 5.75 Å². The van der Waals surface area contributed by atoms with Gasteiger partial charge in [-0.1, -0.05) is 18.2 Å². The Morgan fingerprint density at radius 1 is 1.11 bits per heavy atom. The zero-order valence-corrected chi connectivity index (χ0v) is 14.0. The molecule has 2 amide bonds. The van der Waals surface area contributed by atoms with Gasteiger partial charge in [0.25, 0.3) is 0 Å². The van der Waals surface area contributed by atoms with Crippen LogP contribution in [-0.4, -0.2) is 36.4 Å². The number of nitrogens with zero attached hydrogens (tertiary/aromatic N) is 1. The van der Waals surface area contributed by atoms with E-state index in [2.05, 4.69) is 10.1 Å². The molecular weight excluding hydrogens is 366 g/mol. The predicted molar refractivity (Wildman–Crippen MR) is 90.8 cm³/mol. The monoisotopic (exact) mass is 383 g/mol. The highest BCUT2D eigenvalue weighted by Crippen LogP contribution is 2.29. The van der Waals surface area contributed by atoms with Crippen LogP contribution in [0, 0.1) is 5.82 Å². The molecule has 2 aromatic carbocycles. The normalized spacial score (nSPS) is 19.8. The van der Waals surface area contributed by atoms with E-state index in [0.717, 1.165) is 12.1 Å². The first-order valence-electron chi connectivity index (χ1n) is 8.14. The van der Waals surface area contributed by atoms with Crippen molar-refractivity contribution in [2.75, 3.05) is 18.4 Å². The van der Waals surface area contributed by atoms with Gasteiger partial charge in [0, 0.05) is 30.7 Å². The smallest absolute Gasteiger partial charge is 0.406 e. The first-order valence-corrected chi connectivity index (χ1v) is 8.14.